The molecule has 0 radical (unpaired) electrons. The van der Waals surface area contributed by atoms with Gasteiger partial charge in [-0.2, -0.15) is 0 Å². The average molecular weight is 380 g/mol. The van der Waals surface area contributed by atoms with Gasteiger partial charge in [0.15, 0.2) is 0 Å². The van der Waals surface area contributed by atoms with Gasteiger partial charge in [0.2, 0.25) is 5.91 Å². The third-order valence-corrected chi connectivity index (χ3v) is 5.38. The molecule has 0 spiro atoms. The molecule has 28 heavy (non-hydrogen) atoms. The van der Waals surface area contributed by atoms with Crippen molar-refractivity contribution < 1.29 is 9.59 Å². The van der Waals surface area contributed by atoms with Crippen LogP contribution in [0.3, 0.4) is 0 Å². The second-order valence-corrected chi connectivity index (χ2v) is 7.57. The second kappa shape index (κ2) is 9.00. The SMILES string of the molecule is CCC(=O)N1CCC(c2nc(C)ccc2C(=O)NCc2cccc(C)c2)CC1. The number of likely N-dealkylation sites (tertiary alicyclic amines) is 1. The number of hydrogen-bond donors (Lipinski definition) is 1. The highest BCUT2D eigenvalue weighted by Crippen LogP contribution is 2.29. The molecule has 5 heteroatoms. The number of carbonyl (C=O) groups is 2. The van der Waals surface area contributed by atoms with Crippen LogP contribution in [0.2, 0.25) is 0 Å². The Morgan fingerprint density at radius 2 is 1.89 bits per heavy atom. The Kier molecular flexibility index (Phi) is 6.45. The lowest BCUT2D eigenvalue weighted by atomic mass is 9.89. The summed E-state index contributed by atoms with van der Waals surface area (Å²) in [6.45, 7) is 7.86. The van der Waals surface area contributed by atoms with E-state index >= 15 is 0 Å². The molecule has 148 valence electrons. The fourth-order valence-electron chi connectivity index (χ4n) is 3.81. The van der Waals surface area contributed by atoms with Gasteiger partial charge in [-0.15, -0.1) is 0 Å². The van der Waals surface area contributed by atoms with Gasteiger partial charge in [-0.1, -0.05) is 36.8 Å². The van der Waals surface area contributed by atoms with E-state index in [1.807, 2.05) is 56.0 Å². The molecule has 0 aliphatic carbocycles. The van der Waals surface area contributed by atoms with Gasteiger partial charge in [-0.3, -0.25) is 14.6 Å². The highest BCUT2D eigenvalue weighted by molar-refractivity contribution is 5.95. The molecule has 2 heterocycles. The monoisotopic (exact) mass is 379 g/mol. The Hall–Kier alpha value is -2.69. The number of amides is 2. The minimum absolute atomic E-state index is 0.0870. The highest BCUT2D eigenvalue weighted by atomic mass is 16.2. The van der Waals surface area contributed by atoms with Crippen LogP contribution in [0.25, 0.3) is 0 Å². The molecule has 0 saturated carbocycles. The number of pyridine rings is 1. The van der Waals surface area contributed by atoms with E-state index in [9.17, 15) is 9.59 Å². The van der Waals surface area contributed by atoms with Crippen LogP contribution in [0, 0.1) is 13.8 Å². The maximum absolute atomic E-state index is 12.9. The molecular weight excluding hydrogens is 350 g/mol. The standard InChI is InChI=1S/C23H29N3O2/c1-4-21(27)26-12-10-19(11-13-26)22-20(9-8-17(3)25-22)23(28)24-15-18-7-5-6-16(2)14-18/h5-9,14,19H,4,10-13,15H2,1-3H3,(H,24,28). The van der Waals surface area contributed by atoms with Crippen LogP contribution in [0.15, 0.2) is 36.4 Å². The first kappa shape index (κ1) is 20.1. The second-order valence-electron chi connectivity index (χ2n) is 7.57. The first-order chi connectivity index (χ1) is 13.5. The van der Waals surface area contributed by atoms with Crippen LogP contribution in [0.5, 0.6) is 0 Å². The smallest absolute Gasteiger partial charge is 0.253 e. The number of aromatic nitrogens is 1. The van der Waals surface area contributed by atoms with Gasteiger partial charge >= 0.3 is 0 Å². The number of nitrogens with zero attached hydrogens (tertiary/aromatic N) is 2. The molecule has 0 unspecified atom stereocenters. The summed E-state index contributed by atoms with van der Waals surface area (Å²) in [5.41, 5.74) is 4.69. The Morgan fingerprint density at radius 1 is 1.14 bits per heavy atom. The van der Waals surface area contributed by atoms with E-state index in [2.05, 4.69) is 11.4 Å². The minimum atomic E-state index is -0.0870. The summed E-state index contributed by atoms with van der Waals surface area (Å²) in [7, 11) is 0. The largest absolute Gasteiger partial charge is 0.348 e. The zero-order valence-corrected chi connectivity index (χ0v) is 17.0. The van der Waals surface area contributed by atoms with E-state index in [0.717, 1.165) is 42.9 Å². The number of carbonyl (C=O) groups excluding carboxylic acids is 2. The molecule has 2 amide bonds. The molecule has 3 rings (SSSR count). The lowest BCUT2D eigenvalue weighted by Crippen LogP contribution is -2.38. The van der Waals surface area contributed by atoms with Gasteiger partial charge in [0.25, 0.3) is 5.91 Å². The van der Waals surface area contributed by atoms with E-state index < -0.39 is 0 Å². The first-order valence-electron chi connectivity index (χ1n) is 10.1. The Morgan fingerprint density at radius 3 is 2.57 bits per heavy atom. The molecule has 1 fully saturated rings. The summed E-state index contributed by atoms with van der Waals surface area (Å²) >= 11 is 0. The number of piperidine rings is 1. The Balaban J connectivity index is 1.72. The highest BCUT2D eigenvalue weighted by Gasteiger charge is 2.27. The van der Waals surface area contributed by atoms with Crippen molar-refractivity contribution in [2.24, 2.45) is 0 Å². The summed E-state index contributed by atoms with van der Waals surface area (Å²) in [6.07, 6.45) is 2.24. The van der Waals surface area contributed by atoms with E-state index in [0.29, 0.717) is 18.5 Å². The normalized spacial score (nSPS) is 14.8. The van der Waals surface area contributed by atoms with Crippen molar-refractivity contribution in [2.75, 3.05) is 13.1 Å². The quantitative estimate of drug-likeness (QED) is 0.861. The molecule has 1 saturated heterocycles. The predicted molar refractivity (Wildman–Crippen MR) is 110 cm³/mol. The van der Waals surface area contributed by atoms with Crippen molar-refractivity contribution in [2.45, 2.75) is 52.5 Å². The van der Waals surface area contributed by atoms with Crippen molar-refractivity contribution >= 4 is 11.8 Å². The predicted octanol–water partition coefficient (Wildman–Crippen LogP) is 3.74. The van der Waals surface area contributed by atoms with Gasteiger partial charge in [-0.05, 0) is 44.4 Å². The topological polar surface area (TPSA) is 62.3 Å². The summed E-state index contributed by atoms with van der Waals surface area (Å²) in [5, 5.41) is 3.03. The zero-order chi connectivity index (χ0) is 20.1. The average Bonchev–Trinajstić information content (AvgIpc) is 2.71. The van der Waals surface area contributed by atoms with Crippen LogP contribution >= 0.6 is 0 Å². The summed E-state index contributed by atoms with van der Waals surface area (Å²) in [5.74, 6) is 0.323. The summed E-state index contributed by atoms with van der Waals surface area (Å²) in [4.78, 5) is 31.4. The van der Waals surface area contributed by atoms with E-state index in [1.54, 1.807) is 0 Å². The molecule has 5 nitrogen and oxygen atoms in total. The minimum Gasteiger partial charge on any atom is -0.348 e. The molecule has 1 aromatic heterocycles. The Labute approximate surface area is 167 Å². The third kappa shape index (κ3) is 4.77. The van der Waals surface area contributed by atoms with Gasteiger partial charge in [0, 0.05) is 37.7 Å². The summed E-state index contributed by atoms with van der Waals surface area (Å²) < 4.78 is 0. The van der Waals surface area contributed by atoms with Crippen molar-refractivity contribution in [3.8, 4) is 0 Å². The molecule has 1 aliphatic heterocycles. The van der Waals surface area contributed by atoms with Crippen molar-refractivity contribution in [1.29, 1.82) is 0 Å². The molecule has 1 aromatic carbocycles. The number of benzene rings is 1. The van der Waals surface area contributed by atoms with Gasteiger partial charge in [0.1, 0.15) is 0 Å². The van der Waals surface area contributed by atoms with Gasteiger partial charge in [0.05, 0.1) is 11.3 Å². The van der Waals surface area contributed by atoms with Gasteiger partial charge < -0.3 is 10.2 Å². The van der Waals surface area contributed by atoms with Crippen LogP contribution in [0.4, 0.5) is 0 Å². The van der Waals surface area contributed by atoms with Crippen LogP contribution in [-0.2, 0) is 11.3 Å². The van der Waals surface area contributed by atoms with E-state index in [-0.39, 0.29) is 17.7 Å². The fourth-order valence-corrected chi connectivity index (χ4v) is 3.81. The molecule has 0 bridgehead atoms. The van der Waals surface area contributed by atoms with E-state index in [4.69, 9.17) is 4.98 Å². The molecule has 1 N–H and O–H groups in total. The number of hydrogen-bond acceptors (Lipinski definition) is 3. The number of aryl methyl sites for hydroxylation is 2. The Bertz CT molecular complexity index is 855. The van der Waals surface area contributed by atoms with Gasteiger partial charge in [-0.25, -0.2) is 0 Å². The zero-order valence-electron chi connectivity index (χ0n) is 17.0. The van der Waals surface area contributed by atoms with E-state index in [1.165, 1.54) is 5.56 Å². The van der Waals surface area contributed by atoms with Crippen LogP contribution < -0.4 is 5.32 Å². The number of nitrogens with one attached hydrogen (secondary N) is 1. The van der Waals surface area contributed by atoms with Crippen molar-refractivity contribution in [3.63, 3.8) is 0 Å². The molecule has 2 aromatic rings. The number of rotatable bonds is 5. The van der Waals surface area contributed by atoms with Crippen molar-refractivity contribution in [3.05, 3.63) is 64.5 Å². The third-order valence-electron chi connectivity index (χ3n) is 5.38. The lowest BCUT2D eigenvalue weighted by molar-refractivity contribution is -0.131. The molecule has 0 atom stereocenters. The maximum atomic E-state index is 12.9. The first-order valence-corrected chi connectivity index (χ1v) is 10.1. The fraction of sp³-hybridized carbons (Fsp3) is 0.435. The molecule has 1 aliphatic rings. The summed E-state index contributed by atoms with van der Waals surface area (Å²) in [6, 6.07) is 11.9. The van der Waals surface area contributed by atoms with Crippen LogP contribution in [0.1, 0.15) is 65.0 Å². The van der Waals surface area contributed by atoms with Crippen molar-refractivity contribution in [1.82, 2.24) is 15.2 Å². The maximum Gasteiger partial charge on any atom is 0.253 e. The lowest BCUT2D eigenvalue weighted by Gasteiger charge is -2.32. The van der Waals surface area contributed by atoms with Crippen LogP contribution in [-0.4, -0.2) is 34.8 Å². The molecular formula is C23H29N3O2.